The van der Waals surface area contributed by atoms with E-state index in [4.69, 9.17) is 23.2 Å². The Morgan fingerprint density at radius 3 is 2.37 bits per heavy atom. The lowest BCUT2D eigenvalue weighted by molar-refractivity contribution is -0.384. The molecule has 5 nitrogen and oxygen atoms in total. The molecule has 0 spiro atoms. The molecule has 1 heterocycles. The van der Waals surface area contributed by atoms with Gasteiger partial charge in [-0.1, -0.05) is 29.3 Å². The molecule has 0 saturated carbocycles. The van der Waals surface area contributed by atoms with Gasteiger partial charge in [0.15, 0.2) is 0 Å². The van der Waals surface area contributed by atoms with Gasteiger partial charge in [0.05, 0.1) is 4.92 Å². The summed E-state index contributed by atoms with van der Waals surface area (Å²) in [5, 5.41) is 15.4. The van der Waals surface area contributed by atoms with Crippen LogP contribution in [0.4, 0.5) is 5.69 Å². The Kier molecular flexibility index (Phi) is 3.87. The molecule has 0 N–H and O–H groups in total. The Morgan fingerprint density at radius 1 is 1.26 bits per heavy atom. The third-order valence-electron chi connectivity index (χ3n) is 2.49. The molecule has 0 bridgehead atoms. The molecule has 0 radical (unpaired) electrons. The van der Waals surface area contributed by atoms with Crippen molar-refractivity contribution in [2.75, 3.05) is 0 Å². The largest absolute Gasteiger partial charge is 0.269 e. The molecule has 19 heavy (non-hydrogen) atoms. The number of hydrogen-bond acceptors (Lipinski definition) is 3. The molecular weight excluding hydrogens is 289 g/mol. The number of rotatable bonds is 3. The van der Waals surface area contributed by atoms with Crippen molar-refractivity contribution in [2.24, 2.45) is 7.05 Å². The minimum atomic E-state index is -0.442. The SMILES string of the molecule is Cn1nc(/C=C/c2ccc([N+](=O)[O-])cc2)c(Cl)c1Cl. The molecule has 2 rings (SSSR count). The fraction of sp³-hybridized carbons (Fsp3) is 0.0833. The number of nitro groups is 1. The van der Waals surface area contributed by atoms with Crippen LogP contribution < -0.4 is 0 Å². The van der Waals surface area contributed by atoms with Crippen molar-refractivity contribution < 1.29 is 4.92 Å². The monoisotopic (exact) mass is 297 g/mol. The van der Waals surface area contributed by atoms with Crippen molar-refractivity contribution in [3.63, 3.8) is 0 Å². The number of hydrogen-bond donors (Lipinski definition) is 0. The number of non-ortho nitro benzene ring substituents is 1. The predicted octanol–water partition coefficient (Wildman–Crippen LogP) is 3.81. The summed E-state index contributed by atoms with van der Waals surface area (Å²) in [4.78, 5) is 10.1. The highest BCUT2D eigenvalue weighted by atomic mass is 35.5. The zero-order chi connectivity index (χ0) is 14.0. The molecule has 98 valence electrons. The van der Waals surface area contributed by atoms with Crippen molar-refractivity contribution in [3.8, 4) is 0 Å². The van der Waals surface area contributed by atoms with Gasteiger partial charge in [-0.15, -0.1) is 0 Å². The fourth-order valence-corrected chi connectivity index (χ4v) is 1.84. The van der Waals surface area contributed by atoms with Crippen molar-refractivity contribution in [1.29, 1.82) is 0 Å². The third-order valence-corrected chi connectivity index (χ3v) is 3.39. The van der Waals surface area contributed by atoms with Gasteiger partial charge in [-0.2, -0.15) is 5.10 Å². The summed E-state index contributed by atoms with van der Waals surface area (Å²) in [5.74, 6) is 0. The summed E-state index contributed by atoms with van der Waals surface area (Å²) in [7, 11) is 1.69. The van der Waals surface area contributed by atoms with Crippen LogP contribution in [0, 0.1) is 10.1 Å². The van der Waals surface area contributed by atoms with E-state index in [2.05, 4.69) is 5.10 Å². The smallest absolute Gasteiger partial charge is 0.258 e. The van der Waals surface area contributed by atoms with Gasteiger partial charge in [-0.3, -0.25) is 14.8 Å². The van der Waals surface area contributed by atoms with Crippen LogP contribution >= 0.6 is 23.2 Å². The molecule has 0 amide bonds. The molecule has 1 aromatic heterocycles. The van der Waals surface area contributed by atoms with E-state index >= 15 is 0 Å². The number of benzene rings is 1. The van der Waals surface area contributed by atoms with E-state index in [0.29, 0.717) is 15.9 Å². The van der Waals surface area contributed by atoms with Gasteiger partial charge in [0.1, 0.15) is 15.9 Å². The molecule has 2 aromatic rings. The molecule has 1 aromatic carbocycles. The first-order valence-corrected chi connectivity index (χ1v) is 6.05. The molecule has 0 aliphatic heterocycles. The van der Waals surface area contributed by atoms with Crippen molar-refractivity contribution in [3.05, 3.63) is 55.8 Å². The Balaban J connectivity index is 2.22. The first-order chi connectivity index (χ1) is 8.99. The summed E-state index contributed by atoms with van der Waals surface area (Å²) in [6.45, 7) is 0. The van der Waals surface area contributed by atoms with Gasteiger partial charge in [-0.25, -0.2) is 0 Å². The van der Waals surface area contributed by atoms with Crippen LogP contribution in [-0.4, -0.2) is 14.7 Å². The van der Waals surface area contributed by atoms with Crippen molar-refractivity contribution in [1.82, 2.24) is 9.78 Å². The van der Waals surface area contributed by atoms with Crippen LogP contribution in [0.15, 0.2) is 24.3 Å². The lowest BCUT2D eigenvalue weighted by Crippen LogP contribution is -1.89. The summed E-state index contributed by atoms with van der Waals surface area (Å²) >= 11 is 11.9. The Hall–Kier alpha value is -1.85. The first kappa shape index (κ1) is 13.6. The quantitative estimate of drug-likeness (QED) is 0.639. The zero-order valence-corrected chi connectivity index (χ0v) is 11.4. The molecule has 0 fully saturated rings. The lowest BCUT2D eigenvalue weighted by Gasteiger charge is -1.93. The van der Waals surface area contributed by atoms with E-state index in [-0.39, 0.29) is 5.69 Å². The van der Waals surface area contributed by atoms with E-state index in [1.165, 1.54) is 16.8 Å². The average Bonchev–Trinajstić information content (AvgIpc) is 2.64. The van der Waals surface area contributed by atoms with Crippen molar-refractivity contribution >= 4 is 41.0 Å². The number of aromatic nitrogens is 2. The molecule has 0 atom stereocenters. The maximum atomic E-state index is 10.5. The Morgan fingerprint density at radius 2 is 1.89 bits per heavy atom. The number of nitro benzene ring substituents is 1. The van der Waals surface area contributed by atoms with Crippen LogP contribution in [0.1, 0.15) is 11.3 Å². The molecule has 0 aliphatic carbocycles. The first-order valence-electron chi connectivity index (χ1n) is 5.29. The molecular formula is C12H9Cl2N3O2. The number of aryl methyl sites for hydroxylation is 1. The van der Waals surface area contributed by atoms with Gasteiger partial charge in [0.25, 0.3) is 5.69 Å². The molecule has 0 unspecified atom stereocenters. The standard InChI is InChI=1S/C12H9Cl2N3O2/c1-16-12(14)11(13)10(15-16)7-4-8-2-5-9(6-3-8)17(18)19/h2-7H,1H3/b7-4+. The van der Waals surface area contributed by atoms with Gasteiger partial charge in [0.2, 0.25) is 0 Å². The molecule has 0 aliphatic rings. The molecule has 0 saturated heterocycles. The minimum absolute atomic E-state index is 0.0519. The third kappa shape index (κ3) is 2.94. The second kappa shape index (κ2) is 5.42. The fourth-order valence-electron chi connectivity index (χ4n) is 1.49. The lowest BCUT2D eigenvalue weighted by atomic mass is 10.2. The summed E-state index contributed by atoms with van der Waals surface area (Å²) in [6, 6.07) is 6.17. The van der Waals surface area contributed by atoms with E-state index in [9.17, 15) is 10.1 Å². The van der Waals surface area contributed by atoms with Crippen LogP contribution in [0.3, 0.4) is 0 Å². The van der Waals surface area contributed by atoms with Gasteiger partial charge in [-0.05, 0) is 23.8 Å². The Bertz CT molecular complexity index is 648. The maximum Gasteiger partial charge on any atom is 0.269 e. The van der Waals surface area contributed by atoms with E-state index in [0.717, 1.165) is 5.56 Å². The summed E-state index contributed by atoms with van der Waals surface area (Å²) in [6.07, 6.45) is 3.46. The second-order valence-corrected chi connectivity index (χ2v) is 4.53. The maximum absolute atomic E-state index is 10.5. The zero-order valence-electron chi connectivity index (χ0n) is 9.88. The predicted molar refractivity (Wildman–Crippen MR) is 75.3 cm³/mol. The van der Waals surface area contributed by atoms with Crippen LogP contribution in [0.2, 0.25) is 10.2 Å². The van der Waals surface area contributed by atoms with Crippen LogP contribution in [-0.2, 0) is 7.05 Å². The van der Waals surface area contributed by atoms with Gasteiger partial charge >= 0.3 is 0 Å². The summed E-state index contributed by atoms with van der Waals surface area (Å²) < 4.78 is 1.47. The minimum Gasteiger partial charge on any atom is -0.258 e. The van der Waals surface area contributed by atoms with E-state index < -0.39 is 4.92 Å². The van der Waals surface area contributed by atoms with Gasteiger partial charge in [0, 0.05) is 19.2 Å². The van der Waals surface area contributed by atoms with E-state index in [1.807, 2.05) is 0 Å². The van der Waals surface area contributed by atoms with E-state index in [1.54, 1.807) is 31.3 Å². The Labute approximate surface area is 119 Å². The second-order valence-electron chi connectivity index (χ2n) is 3.80. The molecule has 7 heteroatoms. The highest BCUT2D eigenvalue weighted by Crippen LogP contribution is 2.26. The number of nitrogens with zero attached hydrogens (tertiary/aromatic N) is 3. The van der Waals surface area contributed by atoms with Crippen molar-refractivity contribution in [2.45, 2.75) is 0 Å². The van der Waals surface area contributed by atoms with Crippen LogP contribution in [0.25, 0.3) is 12.2 Å². The topological polar surface area (TPSA) is 61.0 Å². The normalized spacial score (nSPS) is 11.1. The number of halogens is 2. The van der Waals surface area contributed by atoms with Crippen LogP contribution in [0.5, 0.6) is 0 Å². The highest BCUT2D eigenvalue weighted by Gasteiger charge is 2.09. The summed E-state index contributed by atoms with van der Waals surface area (Å²) in [5.41, 5.74) is 1.41. The van der Waals surface area contributed by atoms with Gasteiger partial charge < -0.3 is 0 Å². The highest BCUT2D eigenvalue weighted by molar-refractivity contribution is 6.42. The average molecular weight is 298 g/mol.